The predicted molar refractivity (Wildman–Crippen MR) is 103 cm³/mol. The lowest BCUT2D eigenvalue weighted by Gasteiger charge is -2.29. The van der Waals surface area contributed by atoms with Crippen LogP contribution in [0, 0.1) is 0 Å². The van der Waals surface area contributed by atoms with Crippen molar-refractivity contribution >= 4 is 23.2 Å². The van der Waals surface area contributed by atoms with Gasteiger partial charge in [0, 0.05) is 37.2 Å². The van der Waals surface area contributed by atoms with Gasteiger partial charge in [-0.25, -0.2) is 9.48 Å². The minimum Gasteiger partial charge on any atom is -0.477 e. The molecule has 1 amide bonds. The van der Waals surface area contributed by atoms with Crippen molar-refractivity contribution < 1.29 is 14.7 Å². The van der Waals surface area contributed by atoms with Crippen LogP contribution in [0.15, 0.2) is 40.8 Å². The molecule has 4 heterocycles. The van der Waals surface area contributed by atoms with Gasteiger partial charge >= 0.3 is 5.97 Å². The Morgan fingerprint density at radius 3 is 2.82 bits per heavy atom. The van der Waals surface area contributed by atoms with Crippen LogP contribution in [-0.2, 0) is 24.3 Å². The Morgan fingerprint density at radius 1 is 1.32 bits per heavy atom. The van der Waals surface area contributed by atoms with E-state index in [2.05, 4.69) is 5.10 Å². The molecule has 9 heteroatoms. The fourth-order valence-electron chi connectivity index (χ4n) is 3.52. The van der Waals surface area contributed by atoms with Gasteiger partial charge in [-0.1, -0.05) is 6.07 Å². The van der Waals surface area contributed by atoms with Gasteiger partial charge in [-0.3, -0.25) is 14.2 Å². The van der Waals surface area contributed by atoms with Gasteiger partial charge in [0.1, 0.15) is 11.4 Å². The monoisotopic (exact) mass is 398 g/mol. The molecule has 0 unspecified atom stereocenters. The van der Waals surface area contributed by atoms with E-state index in [1.807, 2.05) is 17.5 Å². The Hall–Kier alpha value is -3.20. The number of aromatic nitrogens is 3. The second kappa shape index (κ2) is 7.08. The quantitative estimate of drug-likeness (QED) is 0.722. The van der Waals surface area contributed by atoms with E-state index in [9.17, 15) is 19.5 Å². The average Bonchev–Trinajstić information content (AvgIpc) is 3.33. The smallest absolute Gasteiger partial charge is 0.341 e. The number of rotatable bonds is 4. The van der Waals surface area contributed by atoms with Crippen LogP contribution in [-0.4, -0.2) is 42.8 Å². The molecule has 3 aromatic rings. The number of hydrogen-bond donors (Lipinski definition) is 1. The summed E-state index contributed by atoms with van der Waals surface area (Å²) < 4.78 is 2.99. The van der Waals surface area contributed by atoms with E-state index in [0.717, 1.165) is 4.88 Å². The molecule has 0 radical (unpaired) electrons. The first-order valence-corrected chi connectivity index (χ1v) is 9.64. The molecule has 0 saturated heterocycles. The Kier molecular flexibility index (Phi) is 4.60. The number of fused-ring (bicyclic) bond motifs is 1. The van der Waals surface area contributed by atoms with Crippen LogP contribution in [0.25, 0.3) is 5.82 Å². The molecule has 0 bridgehead atoms. The van der Waals surface area contributed by atoms with Crippen molar-refractivity contribution in [3.05, 3.63) is 67.9 Å². The number of pyridine rings is 1. The second-order valence-electron chi connectivity index (χ2n) is 6.61. The normalized spacial score (nSPS) is 13.4. The highest BCUT2D eigenvalue weighted by molar-refractivity contribution is 7.09. The third-order valence-corrected chi connectivity index (χ3v) is 5.75. The van der Waals surface area contributed by atoms with Gasteiger partial charge < -0.3 is 10.0 Å². The SMILES string of the molecule is CC(=O)N1CCc2c(cn(-c3ccnn3Cc3cccs3)c(=O)c2C(=O)O)C1. The molecule has 0 atom stereocenters. The maximum atomic E-state index is 13.0. The first-order valence-electron chi connectivity index (χ1n) is 8.76. The number of hydrogen-bond acceptors (Lipinski definition) is 5. The van der Waals surface area contributed by atoms with Crippen molar-refractivity contribution in [3.63, 3.8) is 0 Å². The van der Waals surface area contributed by atoms with E-state index in [-0.39, 0.29) is 18.0 Å². The minimum absolute atomic E-state index is 0.0805. The highest BCUT2D eigenvalue weighted by Gasteiger charge is 2.27. The fraction of sp³-hybridized carbons (Fsp3) is 0.263. The molecule has 0 saturated carbocycles. The molecule has 28 heavy (non-hydrogen) atoms. The maximum Gasteiger partial charge on any atom is 0.341 e. The van der Waals surface area contributed by atoms with Crippen LogP contribution in [0.5, 0.6) is 0 Å². The van der Waals surface area contributed by atoms with Crippen molar-refractivity contribution in [1.82, 2.24) is 19.2 Å². The number of carboxylic acid groups (broad SMARTS) is 1. The fourth-order valence-corrected chi connectivity index (χ4v) is 4.20. The summed E-state index contributed by atoms with van der Waals surface area (Å²) in [6.45, 7) is 2.65. The van der Waals surface area contributed by atoms with Crippen LogP contribution in [0.1, 0.15) is 33.3 Å². The van der Waals surface area contributed by atoms with E-state index in [4.69, 9.17) is 0 Å². The van der Waals surface area contributed by atoms with E-state index in [1.54, 1.807) is 39.4 Å². The van der Waals surface area contributed by atoms with Crippen molar-refractivity contribution in [2.24, 2.45) is 0 Å². The van der Waals surface area contributed by atoms with E-state index in [0.29, 0.717) is 36.5 Å². The van der Waals surface area contributed by atoms with Crippen LogP contribution in [0.2, 0.25) is 0 Å². The molecule has 0 aliphatic carbocycles. The van der Waals surface area contributed by atoms with Gasteiger partial charge in [0.05, 0.1) is 12.7 Å². The summed E-state index contributed by atoms with van der Waals surface area (Å²) in [7, 11) is 0. The van der Waals surface area contributed by atoms with Crippen molar-refractivity contribution in [2.45, 2.75) is 26.4 Å². The van der Waals surface area contributed by atoms with Crippen LogP contribution >= 0.6 is 11.3 Å². The molecule has 0 spiro atoms. The Balaban J connectivity index is 1.85. The van der Waals surface area contributed by atoms with Gasteiger partial charge in [-0.2, -0.15) is 5.10 Å². The standard InChI is InChI=1S/C19H18N4O4S/c1-12(24)21-7-5-15-13(9-21)10-22(18(25)17(15)19(26)27)16-4-6-20-23(16)11-14-3-2-8-28-14/h2-4,6,8,10H,5,7,9,11H2,1H3,(H,26,27). The number of amides is 1. The van der Waals surface area contributed by atoms with Crippen molar-refractivity contribution in [2.75, 3.05) is 6.54 Å². The van der Waals surface area contributed by atoms with Crippen molar-refractivity contribution in [1.29, 1.82) is 0 Å². The van der Waals surface area contributed by atoms with E-state index >= 15 is 0 Å². The Morgan fingerprint density at radius 2 is 2.14 bits per heavy atom. The largest absolute Gasteiger partial charge is 0.477 e. The highest BCUT2D eigenvalue weighted by atomic mass is 32.1. The lowest BCUT2D eigenvalue weighted by Crippen LogP contribution is -2.38. The molecule has 4 rings (SSSR count). The van der Waals surface area contributed by atoms with Crippen LogP contribution in [0.4, 0.5) is 0 Å². The number of aromatic carboxylic acids is 1. The summed E-state index contributed by atoms with van der Waals surface area (Å²) in [4.78, 5) is 39.4. The number of carbonyl (C=O) groups is 2. The van der Waals surface area contributed by atoms with Gasteiger partial charge in [0.15, 0.2) is 0 Å². The third kappa shape index (κ3) is 3.13. The summed E-state index contributed by atoms with van der Waals surface area (Å²) in [5.74, 6) is -0.845. The number of thiophene rings is 1. The zero-order chi connectivity index (χ0) is 19.8. The summed E-state index contributed by atoms with van der Waals surface area (Å²) >= 11 is 1.58. The van der Waals surface area contributed by atoms with Gasteiger partial charge in [0.25, 0.3) is 5.56 Å². The predicted octanol–water partition coefficient (Wildman–Crippen LogP) is 1.75. The Bertz CT molecular complexity index is 1110. The zero-order valence-corrected chi connectivity index (χ0v) is 16.0. The first-order chi connectivity index (χ1) is 13.5. The van der Waals surface area contributed by atoms with E-state index in [1.165, 1.54) is 11.5 Å². The first kappa shape index (κ1) is 18.2. The van der Waals surface area contributed by atoms with Crippen LogP contribution in [0.3, 0.4) is 0 Å². The molecule has 3 aromatic heterocycles. The molecule has 8 nitrogen and oxygen atoms in total. The highest BCUT2D eigenvalue weighted by Crippen LogP contribution is 2.22. The molecule has 0 aromatic carbocycles. The minimum atomic E-state index is -1.25. The van der Waals surface area contributed by atoms with Gasteiger partial charge in [-0.15, -0.1) is 11.3 Å². The topological polar surface area (TPSA) is 97.4 Å². The molecule has 1 aliphatic heterocycles. The summed E-state index contributed by atoms with van der Waals surface area (Å²) in [6, 6.07) is 5.59. The van der Waals surface area contributed by atoms with Gasteiger partial charge in [-0.05, 0) is 29.0 Å². The Labute approximate surface area is 164 Å². The van der Waals surface area contributed by atoms with Gasteiger partial charge in [0.2, 0.25) is 5.91 Å². The second-order valence-corrected chi connectivity index (χ2v) is 7.64. The lowest BCUT2D eigenvalue weighted by atomic mass is 9.96. The zero-order valence-electron chi connectivity index (χ0n) is 15.2. The molecule has 144 valence electrons. The molecule has 1 aliphatic rings. The van der Waals surface area contributed by atoms with E-state index < -0.39 is 11.5 Å². The molecular weight excluding hydrogens is 380 g/mol. The lowest BCUT2D eigenvalue weighted by molar-refractivity contribution is -0.129. The molecule has 0 fully saturated rings. The molecule has 1 N–H and O–H groups in total. The number of carbonyl (C=O) groups excluding carboxylic acids is 1. The molecular formula is C19H18N4O4S. The summed E-state index contributed by atoms with van der Waals surface area (Å²) in [6.07, 6.45) is 3.57. The van der Waals surface area contributed by atoms with Crippen LogP contribution < -0.4 is 5.56 Å². The number of carboxylic acids is 1. The summed E-state index contributed by atoms with van der Waals surface area (Å²) in [5, 5.41) is 15.9. The maximum absolute atomic E-state index is 13.0. The van der Waals surface area contributed by atoms with Crippen molar-refractivity contribution in [3.8, 4) is 5.82 Å². The third-order valence-electron chi connectivity index (χ3n) is 4.89. The number of nitrogens with zero attached hydrogens (tertiary/aromatic N) is 4. The average molecular weight is 398 g/mol. The summed E-state index contributed by atoms with van der Waals surface area (Å²) in [5.41, 5.74) is 0.359.